The third-order valence-electron chi connectivity index (χ3n) is 2.97. The van der Waals surface area contributed by atoms with Gasteiger partial charge in [-0.2, -0.15) is 0 Å². The number of anilines is 1. The van der Waals surface area contributed by atoms with E-state index in [2.05, 4.69) is 10.5 Å². The van der Waals surface area contributed by atoms with E-state index < -0.39 is 28.5 Å². The molecule has 0 saturated heterocycles. The van der Waals surface area contributed by atoms with Crippen LogP contribution in [0.4, 0.5) is 5.88 Å². The van der Waals surface area contributed by atoms with Crippen LogP contribution in [0, 0.1) is 0 Å². The maximum atomic E-state index is 11.8. The summed E-state index contributed by atoms with van der Waals surface area (Å²) in [5.74, 6) is -1.32. The second kappa shape index (κ2) is 6.94. The molecule has 2 heterocycles. The fourth-order valence-corrected chi connectivity index (χ4v) is 3.22. The molecule has 2 aromatic rings. The monoisotopic (exact) mass is 387 g/mol. The maximum absolute atomic E-state index is 11.8. The van der Waals surface area contributed by atoms with E-state index in [-0.39, 0.29) is 21.1 Å². The smallest absolute Gasteiger partial charge is 0.339 e. The Bertz CT molecular complexity index is 892. The molecule has 9 nitrogen and oxygen atoms in total. The van der Waals surface area contributed by atoms with Gasteiger partial charge in [0.2, 0.25) is 15.9 Å². The predicted molar refractivity (Wildman–Crippen MR) is 89.8 cm³/mol. The van der Waals surface area contributed by atoms with E-state index in [0.717, 1.165) is 17.4 Å². The van der Waals surface area contributed by atoms with E-state index >= 15 is 0 Å². The number of primary sulfonamides is 1. The molecule has 0 atom stereocenters. The van der Waals surface area contributed by atoms with Gasteiger partial charge in [0.25, 0.3) is 5.91 Å². The number of ether oxygens (including phenoxy) is 1. The first-order valence-electron chi connectivity index (χ1n) is 7.02. The molecule has 0 aromatic carbocycles. The molecule has 0 aliphatic heterocycles. The highest BCUT2D eigenvalue weighted by atomic mass is 32.2. The molecule has 0 bridgehead atoms. The Kier molecular flexibility index (Phi) is 5.30. The molecule has 25 heavy (non-hydrogen) atoms. The second-order valence-corrected chi connectivity index (χ2v) is 8.85. The third kappa shape index (κ3) is 5.11. The van der Waals surface area contributed by atoms with Crippen molar-refractivity contribution in [1.29, 1.82) is 0 Å². The van der Waals surface area contributed by atoms with Crippen LogP contribution >= 0.6 is 11.3 Å². The number of amides is 1. The van der Waals surface area contributed by atoms with Gasteiger partial charge < -0.3 is 9.26 Å². The van der Waals surface area contributed by atoms with E-state index in [1.807, 2.05) is 20.8 Å². The number of thiophene rings is 1. The summed E-state index contributed by atoms with van der Waals surface area (Å²) >= 11 is 0.789. The van der Waals surface area contributed by atoms with Gasteiger partial charge in [0, 0.05) is 16.9 Å². The number of carbonyl (C=O) groups is 2. The Balaban J connectivity index is 1.90. The number of nitrogens with one attached hydrogen (secondary N) is 1. The molecule has 0 aliphatic rings. The number of nitrogens with zero attached hydrogens (tertiary/aromatic N) is 1. The number of hydrogen-bond donors (Lipinski definition) is 2. The molecule has 2 aromatic heterocycles. The van der Waals surface area contributed by atoms with Crippen LogP contribution in [0.15, 0.2) is 26.2 Å². The topological polar surface area (TPSA) is 142 Å². The second-order valence-electron chi connectivity index (χ2n) is 6.15. The lowest BCUT2D eigenvalue weighted by Gasteiger charge is -2.12. The van der Waals surface area contributed by atoms with Gasteiger partial charge >= 0.3 is 5.97 Å². The zero-order valence-electron chi connectivity index (χ0n) is 13.7. The lowest BCUT2D eigenvalue weighted by atomic mass is 9.92. The van der Waals surface area contributed by atoms with Crippen molar-refractivity contribution in [2.24, 2.45) is 5.14 Å². The van der Waals surface area contributed by atoms with Crippen molar-refractivity contribution in [2.75, 3.05) is 11.9 Å². The fourth-order valence-electron chi connectivity index (χ4n) is 1.65. The first-order chi connectivity index (χ1) is 11.5. The number of esters is 1. The summed E-state index contributed by atoms with van der Waals surface area (Å²) in [5.41, 5.74) is 0.420. The molecule has 1 amide bonds. The highest BCUT2D eigenvalue weighted by Crippen LogP contribution is 2.23. The summed E-state index contributed by atoms with van der Waals surface area (Å²) in [6, 6.07) is 2.67. The van der Waals surface area contributed by atoms with Crippen LogP contribution in [0.5, 0.6) is 0 Å². The molecule has 2 rings (SSSR count). The van der Waals surface area contributed by atoms with Crippen LogP contribution in [0.25, 0.3) is 0 Å². The van der Waals surface area contributed by atoms with Crippen LogP contribution < -0.4 is 10.5 Å². The first-order valence-corrected chi connectivity index (χ1v) is 9.45. The lowest BCUT2D eigenvalue weighted by Crippen LogP contribution is -2.20. The zero-order valence-corrected chi connectivity index (χ0v) is 15.4. The molecule has 0 spiro atoms. The summed E-state index contributed by atoms with van der Waals surface area (Å²) in [4.78, 5) is 23.6. The van der Waals surface area contributed by atoms with Crippen molar-refractivity contribution in [3.8, 4) is 0 Å². The molecule has 0 unspecified atom stereocenters. The summed E-state index contributed by atoms with van der Waals surface area (Å²) in [5, 5.41) is 12.5. The highest BCUT2D eigenvalue weighted by Gasteiger charge is 2.20. The Morgan fingerprint density at radius 1 is 1.36 bits per heavy atom. The fraction of sp³-hybridized carbons (Fsp3) is 0.357. The maximum Gasteiger partial charge on any atom is 0.339 e. The van der Waals surface area contributed by atoms with Crippen molar-refractivity contribution in [3.05, 3.63) is 28.8 Å². The zero-order chi connectivity index (χ0) is 18.8. The van der Waals surface area contributed by atoms with Gasteiger partial charge in [0.05, 0.1) is 11.3 Å². The predicted octanol–water partition coefficient (Wildman–Crippen LogP) is 1.48. The lowest BCUT2D eigenvalue weighted by molar-refractivity contribution is -0.119. The van der Waals surface area contributed by atoms with Crippen molar-refractivity contribution >= 4 is 39.1 Å². The Morgan fingerprint density at radius 3 is 2.56 bits per heavy atom. The number of hydrogen-bond acceptors (Lipinski definition) is 8. The first kappa shape index (κ1) is 19.1. The number of aromatic nitrogens is 1. The van der Waals surface area contributed by atoms with Crippen molar-refractivity contribution in [1.82, 2.24) is 5.16 Å². The van der Waals surface area contributed by atoms with Gasteiger partial charge in [0.15, 0.2) is 6.61 Å². The minimum atomic E-state index is -3.89. The molecular formula is C14H17N3O6S2. The van der Waals surface area contributed by atoms with Crippen molar-refractivity contribution in [2.45, 2.75) is 30.4 Å². The van der Waals surface area contributed by atoms with Gasteiger partial charge in [-0.1, -0.05) is 25.9 Å². The van der Waals surface area contributed by atoms with Crippen LogP contribution in [0.2, 0.25) is 0 Å². The standard InChI is InChI=1S/C14H17N3O6S2/c1-14(2,3)9-5-11(23-17-9)16-10(18)6-22-13(19)8-4-12(24-7-8)25(15,20)21/h4-5,7H,6H2,1-3H3,(H,16,18)(H2,15,20,21). The summed E-state index contributed by atoms with van der Waals surface area (Å²) in [6.45, 7) is 5.25. The van der Waals surface area contributed by atoms with Crippen LogP contribution in [-0.4, -0.2) is 32.1 Å². The van der Waals surface area contributed by atoms with E-state index in [9.17, 15) is 18.0 Å². The Labute approximate surface area is 148 Å². The van der Waals surface area contributed by atoms with Crippen molar-refractivity contribution in [3.63, 3.8) is 0 Å². The summed E-state index contributed by atoms with van der Waals surface area (Å²) in [6.07, 6.45) is 0. The van der Waals surface area contributed by atoms with Crippen LogP contribution in [-0.2, 0) is 25.0 Å². The number of carbonyl (C=O) groups excluding carboxylic acids is 2. The average molecular weight is 387 g/mol. The number of nitrogens with two attached hydrogens (primary N) is 1. The van der Waals surface area contributed by atoms with Gasteiger partial charge in [-0.25, -0.2) is 18.4 Å². The van der Waals surface area contributed by atoms with Gasteiger partial charge in [-0.15, -0.1) is 11.3 Å². The normalized spacial score (nSPS) is 12.0. The third-order valence-corrected chi connectivity index (χ3v) is 5.35. The van der Waals surface area contributed by atoms with Gasteiger partial charge in [-0.05, 0) is 6.07 Å². The largest absolute Gasteiger partial charge is 0.452 e. The molecule has 0 saturated carbocycles. The van der Waals surface area contributed by atoms with Gasteiger partial charge in [0.1, 0.15) is 4.21 Å². The molecule has 0 fully saturated rings. The minimum Gasteiger partial charge on any atom is -0.452 e. The number of rotatable bonds is 5. The number of sulfonamides is 1. The molecule has 136 valence electrons. The van der Waals surface area contributed by atoms with Crippen molar-refractivity contribution < 1.29 is 27.3 Å². The Hall–Kier alpha value is -2.24. The Morgan fingerprint density at radius 2 is 2.04 bits per heavy atom. The molecule has 3 N–H and O–H groups in total. The quantitative estimate of drug-likeness (QED) is 0.740. The van der Waals surface area contributed by atoms with Gasteiger partial charge in [-0.3, -0.25) is 10.1 Å². The summed E-state index contributed by atoms with van der Waals surface area (Å²) < 4.78 is 32.0. The molecular weight excluding hydrogens is 370 g/mol. The SMILES string of the molecule is CC(C)(C)c1cc(NC(=O)COC(=O)c2csc(S(N)(=O)=O)c2)on1. The minimum absolute atomic E-state index is 0.00323. The van der Waals surface area contributed by atoms with Crippen LogP contribution in [0.3, 0.4) is 0 Å². The van der Waals surface area contributed by atoms with E-state index in [1.165, 1.54) is 5.38 Å². The van der Waals surface area contributed by atoms with E-state index in [1.54, 1.807) is 6.07 Å². The summed E-state index contributed by atoms with van der Waals surface area (Å²) in [7, 11) is -3.89. The highest BCUT2D eigenvalue weighted by molar-refractivity contribution is 7.91. The van der Waals surface area contributed by atoms with E-state index in [0.29, 0.717) is 5.69 Å². The van der Waals surface area contributed by atoms with E-state index in [4.69, 9.17) is 14.4 Å². The molecule has 0 aliphatic carbocycles. The molecule has 0 radical (unpaired) electrons. The van der Waals surface area contributed by atoms with Crippen LogP contribution in [0.1, 0.15) is 36.8 Å². The molecule has 11 heteroatoms. The average Bonchev–Trinajstić information content (AvgIpc) is 3.12.